The molecule has 3 aromatic rings. The van der Waals surface area contributed by atoms with Gasteiger partial charge in [-0.3, -0.25) is 4.57 Å². The van der Waals surface area contributed by atoms with E-state index < -0.39 is 36.8 Å². The Morgan fingerprint density at radius 1 is 1.28 bits per heavy atom. The first-order valence-electron chi connectivity index (χ1n) is 8.32. The van der Waals surface area contributed by atoms with E-state index in [1.807, 2.05) is 0 Å². The predicted octanol–water partition coefficient (Wildman–Crippen LogP) is -1.67. The van der Waals surface area contributed by atoms with Crippen molar-refractivity contribution in [1.29, 1.82) is 0 Å². The maximum atomic E-state index is 11.7. The lowest BCUT2D eigenvalue weighted by molar-refractivity contribution is -0.0550. The van der Waals surface area contributed by atoms with Crippen LogP contribution in [-0.2, 0) is 4.74 Å². The molecule has 1 fully saturated rings. The van der Waals surface area contributed by atoms with Gasteiger partial charge in [0.2, 0.25) is 5.95 Å². The number of nitrogen functional groups attached to an aromatic ring is 2. The molecule has 0 saturated carbocycles. The molecule has 14 heteroatoms. The summed E-state index contributed by atoms with van der Waals surface area (Å²) in [5, 5.41) is 28.7. The number of aliphatic hydroxyl groups excluding tert-OH is 3. The zero-order valence-corrected chi connectivity index (χ0v) is 15.9. The summed E-state index contributed by atoms with van der Waals surface area (Å²) in [6.45, 7) is 1.20. The van der Waals surface area contributed by atoms with E-state index in [0.29, 0.717) is 21.9 Å². The number of halogens is 1. The van der Waals surface area contributed by atoms with Gasteiger partial charge in [-0.2, -0.15) is 15.0 Å². The molecular weight excluding hydrogens is 408 g/mol. The SMILES string of the molecule is Cc1cn([C@@H]2O[C@H](CO)[C@@H](O)[C@H]2O)c(=O)nc1N.Nc1nc(Cl)c2[nH]cnc2n1. The van der Waals surface area contributed by atoms with Gasteiger partial charge in [-0.15, -0.1) is 0 Å². The molecule has 4 atom stereocenters. The van der Waals surface area contributed by atoms with Crippen LogP contribution in [0.15, 0.2) is 17.3 Å². The summed E-state index contributed by atoms with van der Waals surface area (Å²) in [5.41, 5.74) is 11.8. The second-order valence-corrected chi connectivity index (χ2v) is 6.56. The molecule has 1 aliphatic rings. The summed E-state index contributed by atoms with van der Waals surface area (Å²) in [4.78, 5) is 29.5. The fourth-order valence-electron chi connectivity index (χ4n) is 2.68. The third-order valence-corrected chi connectivity index (χ3v) is 4.50. The minimum atomic E-state index is -1.32. The Morgan fingerprint density at radius 3 is 2.66 bits per heavy atom. The maximum Gasteiger partial charge on any atom is 0.351 e. The number of H-pyrrole nitrogens is 1. The highest BCUT2D eigenvalue weighted by atomic mass is 35.5. The Kier molecular flexibility index (Phi) is 5.95. The van der Waals surface area contributed by atoms with E-state index >= 15 is 0 Å². The fourth-order valence-corrected chi connectivity index (χ4v) is 2.91. The van der Waals surface area contributed by atoms with Crippen molar-refractivity contribution in [3.63, 3.8) is 0 Å². The van der Waals surface area contributed by atoms with Gasteiger partial charge in [0, 0.05) is 11.8 Å². The molecule has 3 aromatic heterocycles. The average Bonchev–Trinajstić information content (AvgIpc) is 3.24. The predicted molar refractivity (Wildman–Crippen MR) is 102 cm³/mol. The molecule has 1 aliphatic heterocycles. The first-order chi connectivity index (χ1) is 13.7. The van der Waals surface area contributed by atoms with E-state index in [1.54, 1.807) is 6.92 Å². The second-order valence-electron chi connectivity index (χ2n) is 6.20. The van der Waals surface area contributed by atoms with Crippen molar-refractivity contribution < 1.29 is 20.1 Å². The van der Waals surface area contributed by atoms with Gasteiger partial charge < -0.3 is 36.5 Å². The summed E-state index contributed by atoms with van der Waals surface area (Å²) < 4.78 is 6.28. The molecular formula is C15H19ClN8O5. The molecule has 4 rings (SSSR count). The van der Waals surface area contributed by atoms with Crippen LogP contribution >= 0.6 is 11.6 Å². The quantitative estimate of drug-likeness (QED) is 0.255. The van der Waals surface area contributed by atoms with Gasteiger partial charge in [-0.1, -0.05) is 11.6 Å². The molecule has 0 radical (unpaired) electrons. The molecule has 0 spiro atoms. The fraction of sp³-hybridized carbons (Fsp3) is 0.400. The zero-order chi connectivity index (χ0) is 21.3. The van der Waals surface area contributed by atoms with Crippen LogP contribution in [0.25, 0.3) is 11.2 Å². The van der Waals surface area contributed by atoms with Crippen molar-refractivity contribution in [2.24, 2.45) is 0 Å². The number of hydrogen-bond donors (Lipinski definition) is 6. The largest absolute Gasteiger partial charge is 0.394 e. The monoisotopic (exact) mass is 426 g/mol. The molecule has 156 valence electrons. The van der Waals surface area contributed by atoms with E-state index in [-0.39, 0.29) is 11.8 Å². The number of nitrogens with zero attached hydrogens (tertiary/aromatic N) is 5. The number of ether oxygens (including phenoxy) is 1. The number of anilines is 2. The van der Waals surface area contributed by atoms with Crippen molar-refractivity contribution in [3.8, 4) is 0 Å². The highest BCUT2D eigenvalue weighted by Gasteiger charge is 2.43. The Labute approximate surface area is 168 Å². The highest BCUT2D eigenvalue weighted by molar-refractivity contribution is 6.33. The third kappa shape index (κ3) is 4.13. The number of aryl methyl sites for hydroxylation is 1. The molecule has 0 aliphatic carbocycles. The van der Waals surface area contributed by atoms with Crippen molar-refractivity contribution >= 4 is 34.5 Å². The number of nitrogens with two attached hydrogens (primary N) is 2. The van der Waals surface area contributed by atoms with Crippen LogP contribution in [0.2, 0.25) is 5.15 Å². The smallest absolute Gasteiger partial charge is 0.351 e. The first-order valence-corrected chi connectivity index (χ1v) is 8.70. The molecule has 4 heterocycles. The number of imidazole rings is 1. The molecule has 0 aromatic carbocycles. The van der Waals surface area contributed by atoms with Gasteiger partial charge in [0.1, 0.15) is 29.6 Å². The number of rotatable bonds is 2. The lowest BCUT2D eigenvalue weighted by Crippen LogP contribution is -2.36. The van der Waals surface area contributed by atoms with Gasteiger partial charge in [-0.05, 0) is 6.92 Å². The van der Waals surface area contributed by atoms with E-state index in [9.17, 15) is 15.0 Å². The average molecular weight is 427 g/mol. The zero-order valence-electron chi connectivity index (χ0n) is 15.1. The van der Waals surface area contributed by atoms with Crippen LogP contribution in [-0.4, -0.2) is 69.7 Å². The summed E-state index contributed by atoms with van der Waals surface area (Å²) in [6, 6.07) is 0. The Hall–Kier alpha value is -2.84. The Balaban J connectivity index is 0.000000186. The summed E-state index contributed by atoms with van der Waals surface area (Å²) >= 11 is 5.70. The van der Waals surface area contributed by atoms with Gasteiger partial charge >= 0.3 is 5.69 Å². The number of aromatic nitrogens is 6. The molecule has 8 N–H and O–H groups in total. The molecule has 13 nitrogen and oxygen atoms in total. The summed E-state index contributed by atoms with van der Waals surface area (Å²) in [7, 11) is 0. The second kappa shape index (κ2) is 8.26. The normalized spacial score (nSPS) is 23.8. The molecule has 0 amide bonds. The Bertz CT molecular complexity index is 1070. The van der Waals surface area contributed by atoms with E-state index in [2.05, 4.69) is 24.9 Å². The van der Waals surface area contributed by atoms with Crippen molar-refractivity contribution in [2.75, 3.05) is 18.1 Å². The van der Waals surface area contributed by atoms with Crippen LogP contribution in [0, 0.1) is 6.92 Å². The first kappa shape index (κ1) is 20.9. The van der Waals surface area contributed by atoms with Crippen LogP contribution in [0.1, 0.15) is 11.8 Å². The number of nitrogens with one attached hydrogen (secondary N) is 1. The number of aromatic amines is 1. The molecule has 29 heavy (non-hydrogen) atoms. The minimum Gasteiger partial charge on any atom is -0.394 e. The van der Waals surface area contributed by atoms with Gasteiger partial charge in [0.25, 0.3) is 0 Å². The molecule has 1 saturated heterocycles. The van der Waals surface area contributed by atoms with Crippen molar-refractivity contribution in [2.45, 2.75) is 31.5 Å². The van der Waals surface area contributed by atoms with Crippen LogP contribution in [0.5, 0.6) is 0 Å². The lowest BCUT2D eigenvalue weighted by Gasteiger charge is -2.17. The van der Waals surface area contributed by atoms with Crippen LogP contribution in [0.3, 0.4) is 0 Å². The van der Waals surface area contributed by atoms with Crippen LogP contribution in [0.4, 0.5) is 11.8 Å². The highest BCUT2D eigenvalue weighted by Crippen LogP contribution is 2.28. The minimum absolute atomic E-state index is 0.1000. The third-order valence-electron chi connectivity index (χ3n) is 4.22. The van der Waals surface area contributed by atoms with E-state index in [4.69, 9.17) is 32.9 Å². The van der Waals surface area contributed by atoms with Crippen molar-refractivity contribution in [3.05, 3.63) is 33.7 Å². The van der Waals surface area contributed by atoms with Crippen molar-refractivity contribution in [1.82, 2.24) is 29.5 Å². The van der Waals surface area contributed by atoms with Gasteiger partial charge in [0.15, 0.2) is 17.0 Å². The summed E-state index contributed by atoms with van der Waals surface area (Å²) in [5.74, 6) is 0.234. The number of aliphatic hydroxyl groups is 3. The Morgan fingerprint density at radius 2 is 2.00 bits per heavy atom. The lowest BCUT2D eigenvalue weighted by atomic mass is 10.1. The molecule has 0 bridgehead atoms. The number of hydrogen-bond acceptors (Lipinski definition) is 11. The van der Waals surface area contributed by atoms with Crippen LogP contribution < -0.4 is 17.2 Å². The van der Waals surface area contributed by atoms with E-state index in [1.165, 1.54) is 12.5 Å². The topological polar surface area (TPSA) is 211 Å². The molecule has 0 unspecified atom stereocenters. The number of fused-ring (bicyclic) bond motifs is 1. The maximum absolute atomic E-state index is 11.7. The standard InChI is InChI=1S/C10H15N3O5.C5H4ClN5/c1-4-2-13(10(17)12-8(4)11)9-7(16)6(15)5(3-14)18-9;6-3-2-4(9-1-8-2)11-5(7)10-3/h2,5-7,9,14-16H,3H2,1H3,(H2,11,12,17);1H,(H3,7,8,9,10,11)/t5-,6-,7-,9-;/m1./s1. The summed E-state index contributed by atoms with van der Waals surface area (Å²) in [6.07, 6.45) is -1.71. The van der Waals surface area contributed by atoms with Gasteiger partial charge in [-0.25, -0.2) is 9.78 Å². The van der Waals surface area contributed by atoms with Gasteiger partial charge in [0.05, 0.1) is 12.9 Å². The van der Waals surface area contributed by atoms with E-state index in [0.717, 1.165) is 4.57 Å².